The Hall–Kier alpha value is -1.20. The van der Waals surface area contributed by atoms with E-state index in [0.717, 1.165) is 0 Å². The fourth-order valence-corrected chi connectivity index (χ4v) is 1.43. The maximum absolute atomic E-state index is 9.17. The molecular weight excluding hydrogens is 208 g/mol. The summed E-state index contributed by atoms with van der Waals surface area (Å²) in [4.78, 5) is 0. The molecule has 1 rings (SSSR count). The largest absolute Gasteiger partial charge is 0.392 e. The summed E-state index contributed by atoms with van der Waals surface area (Å²) in [5, 5.41) is 36.5. The van der Waals surface area contributed by atoms with Crippen molar-refractivity contribution in [3.63, 3.8) is 0 Å². The Balaban J connectivity index is 3.21. The molecule has 4 N–H and O–H groups in total. The van der Waals surface area contributed by atoms with Gasteiger partial charge in [0.05, 0.1) is 26.4 Å². The maximum Gasteiger partial charge on any atom is 0.0685 e. The van der Waals surface area contributed by atoms with Gasteiger partial charge in [-0.05, 0) is 22.3 Å². The van der Waals surface area contributed by atoms with E-state index in [1.54, 1.807) is 24.3 Å². The number of aliphatic hydroxyl groups is 4. The van der Waals surface area contributed by atoms with Crippen molar-refractivity contribution in [1.82, 2.24) is 0 Å². The molecule has 0 spiro atoms. The maximum atomic E-state index is 9.17. The molecule has 1 aliphatic rings. The molecule has 0 aromatic rings. The Labute approximate surface area is 94.2 Å². The lowest BCUT2D eigenvalue weighted by Gasteiger charge is -2.10. The first-order chi connectivity index (χ1) is 7.74. The van der Waals surface area contributed by atoms with Crippen LogP contribution in [0.25, 0.3) is 0 Å². The van der Waals surface area contributed by atoms with E-state index in [0.29, 0.717) is 22.3 Å². The van der Waals surface area contributed by atoms with E-state index >= 15 is 0 Å². The molecule has 0 atom stereocenters. The molecule has 0 bridgehead atoms. The van der Waals surface area contributed by atoms with Gasteiger partial charge in [-0.3, -0.25) is 0 Å². The Morgan fingerprint density at radius 3 is 1.25 bits per heavy atom. The fraction of sp³-hybridized carbons (Fsp3) is 0.333. The highest BCUT2D eigenvalue weighted by Crippen LogP contribution is 2.16. The van der Waals surface area contributed by atoms with Crippen LogP contribution in [-0.4, -0.2) is 46.9 Å². The third-order valence-corrected chi connectivity index (χ3v) is 2.35. The van der Waals surface area contributed by atoms with E-state index in [1.807, 2.05) is 0 Å². The Morgan fingerprint density at radius 2 is 1.00 bits per heavy atom. The lowest BCUT2D eigenvalue weighted by molar-refractivity contribution is 0.314. The summed E-state index contributed by atoms with van der Waals surface area (Å²) in [6, 6.07) is 0. The lowest BCUT2D eigenvalue weighted by atomic mass is 10.00. The highest BCUT2D eigenvalue weighted by Gasteiger charge is 2.06. The third kappa shape index (κ3) is 3.15. The highest BCUT2D eigenvalue weighted by molar-refractivity contribution is 5.45. The minimum absolute atomic E-state index is 0.155. The quantitative estimate of drug-likeness (QED) is 0.527. The van der Waals surface area contributed by atoms with E-state index in [-0.39, 0.29) is 26.4 Å². The van der Waals surface area contributed by atoms with Crippen molar-refractivity contribution in [2.75, 3.05) is 26.4 Å². The number of hydrogen-bond acceptors (Lipinski definition) is 4. The van der Waals surface area contributed by atoms with Crippen molar-refractivity contribution >= 4 is 0 Å². The molecular formula is C12H16O4. The van der Waals surface area contributed by atoms with Crippen molar-refractivity contribution in [1.29, 1.82) is 0 Å². The molecule has 0 saturated carbocycles. The van der Waals surface area contributed by atoms with Crippen LogP contribution < -0.4 is 0 Å². The summed E-state index contributed by atoms with van der Waals surface area (Å²) in [6.07, 6.45) is 6.61. The van der Waals surface area contributed by atoms with Crippen molar-refractivity contribution in [2.45, 2.75) is 0 Å². The zero-order chi connectivity index (χ0) is 12.0. The second kappa shape index (κ2) is 6.40. The standard InChI is InChI=1S/C12H16O4/c13-5-9-1-2-10(6-14)4-12(8-16)11(3-9)7-15/h1-4,13-16H,5-8H2/b2-1-,9-1?,9-3+,10-2?,10-4+,11-3?,12-4?,12-11-. The molecule has 1 aliphatic carbocycles. The monoisotopic (exact) mass is 224 g/mol. The van der Waals surface area contributed by atoms with Crippen LogP contribution in [-0.2, 0) is 0 Å². The Kier molecular flexibility index (Phi) is 5.14. The van der Waals surface area contributed by atoms with Crippen molar-refractivity contribution < 1.29 is 20.4 Å². The number of hydrogen-bond donors (Lipinski definition) is 4. The fourth-order valence-electron chi connectivity index (χ4n) is 1.43. The van der Waals surface area contributed by atoms with Crippen molar-refractivity contribution in [3.05, 3.63) is 46.6 Å². The molecule has 0 heterocycles. The van der Waals surface area contributed by atoms with Gasteiger partial charge in [0, 0.05) is 0 Å². The van der Waals surface area contributed by atoms with Gasteiger partial charge < -0.3 is 20.4 Å². The molecule has 88 valence electrons. The van der Waals surface area contributed by atoms with Crippen LogP contribution in [0.2, 0.25) is 0 Å². The van der Waals surface area contributed by atoms with Crippen LogP contribution in [0.3, 0.4) is 0 Å². The third-order valence-electron chi connectivity index (χ3n) is 2.35. The number of aliphatic hydroxyl groups excluding tert-OH is 4. The molecule has 0 saturated heterocycles. The SMILES string of the molecule is OCC1=C(CO)/C=C(CO)\C=C/C(CO)=C\1. The smallest absolute Gasteiger partial charge is 0.0685 e. The van der Waals surface area contributed by atoms with Gasteiger partial charge in [0.15, 0.2) is 0 Å². The zero-order valence-corrected chi connectivity index (χ0v) is 8.93. The van der Waals surface area contributed by atoms with Crippen LogP contribution >= 0.6 is 0 Å². The van der Waals surface area contributed by atoms with Crippen molar-refractivity contribution in [3.8, 4) is 0 Å². The summed E-state index contributed by atoms with van der Waals surface area (Å²) < 4.78 is 0. The first kappa shape index (κ1) is 12.9. The van der Waals surface area contributed by atoms with Crippen molar-refractivity contribution in [2.24, 2.45) is 0 Å². The summed E-state index contributed by atoms with van der Waals surface area (Å²) in [5.74, 6) is 0. The summed E-state index contributed by atoms with van der Waals surface area (Å²) >= 11 is 0. The van der Waals surface area contributed by atoms with E-state index in [4.69, 9.17) is 10.2 Å². The van der Waals surface area contributed by atoms with Gasteiger partial charge in [-0.15, -0.1) is 0 Å². The molecule has 0 radical (unpaired) electrons. The molecule has 4 heteroatoms. The topological polar surface area (TPSA) is 80.9 Å². The van der Waals surface area contributed by atoms with Gasteiger partial charge >= 0.3 is 0 Å². The van der Waals surface area contributed by atoms with Crippen LogP contribution in [0, 0.1) is 0 Å². The van der Waals surface area contributed by atoms with Gasteiger partial charge in [-0.1, -0.05) is 24.3 Å². The molecule has 0 fully saturated rings. The Morgan fingerprint density at radius 1 is 0.625 bits per heavy atom. The molecule has 16 heavy (non-hydrogen) atoms. The van der Waals surface area contributed by atoms with Gasteiger partial charge in [0.2, 0.25) is 0 Å². The molecule has 0 amide bonds. The highest BCUT2D eigenvalue weighted by atomic mass is 16.3. The minimum Gasteiger partial charge on any atom is -0.392 e. The summed E-state index contributed by atoms with van der Waals surface area (Å²) in [6.45, 7) is -0.750. The van der Waals surface area contributed by atoms with Gasteiger partial charge in [0.25, 0.3) is 0 Å². The first-order valence-corrected chi connectivity index (χ1v) is 4.99. The average molecular weight is 224 g/mol. The zero-order valence-electron chi connectivity index (χ0n) is 8.93. The summed E-state index contributed by atoms with van der Waals surface area (Å²) in [5.41, 5.74) is 2.33. The van der Waals surface area contributed by atoms with E-state index in [9.17, 15) is 10.2 Å². The van der Waals surface area contributed by atoms with Gasteiger partial charge in [-0.2, -0.15) is 0 Å². The predicted molar refractivity (Wildman–Crippen MR) is 60.7 cm³/mol. The average Bonchev–Trinajstić information content (AvgIpc) is 2.30. The molecule has 0 unspecified atom stereocenters. The van der Waals surface area contributed by atoms with Crippen LogP contribution in [0.15, 0.2) is 46.6 Å². The molecule has 0 aromatic carbocycles. The second-order valence-corrected chi connectivity index (χ2v) is 3.45. The molecule has 0 aliphatic heterocycles. The summed E-state index contributed by atoms with van der Waals surface area (Å²) in [7, 11) is 0. The predicted octanol–water partition coefficient (Wildman–Crippen LogP) is -0.325. The van der Waals surface area contributed by atoms with Crippen LogP contribution in [0.1, 0.15) is 0 Å². The first-order valence-electron chi connectivity index (χ1n) is 4.99. The van der Waals surface area contributed by atoms with Gasteiger partial charge in [-0.25, -0.2) is 0 Å². The van der Waals surface area contributed by atoms with E-state index < -0.39 is 0 Å². The lowest BCUT2D eigenvalue weighted by Crippen LogP contribution is -2.03. The number of rotatable bonds is 4. The van der Waals surface area contributed by atoms with Crippen LogP contribution in [0.5, 0.6) is 0 Å². The molecule has 4 nitrogen and oxygen atoms in total. The van der Waals surface area contributed by atoms with Crippen LogP contribution in [0.4, 0.5) is 0 Å². The molecule has 0 aromatic heterocycles. The van der Waals surface area contributed by atoms with E-state index in [1.165, 1.54) is 0 Å². The second-order valence-electron chi connectivity index (χ2n) is 3.45. The van der Waals surface area contributed by atoms with E-state index in [2.05, 4.69) is 0 Å². The van der Waals surface area contributed by atoms with Gasteiger partial charge in [0.1, 0.15) is 0 Å². The Bertz CT molecular complexity index is 327. The normalized spacial score (nSPS) is 29.8. The minimum atomic E-state index is -0.220.